The van der Waals surface area contributed by atoms with Gasteiger partial charge in [-0.3, -0.25) is 4.79 Å². The molecule has 0 atom stereocenters. The molecule has 0 heterocycles. The van der Waals surface area contributed by atoms with E-state index in [2.05, 4.69) is 0 Å². The zero-order valence-electron chi connectivity index (χ0n) is 12.5. The van der Waals surface area contributed by atoms with Crippen molar-refractivity contribution in [3.63, 3.8) is 0 Å². The third-order valence-electron chi connectivity index (χ3n) is 2.39. The summed E-state index contributed by atoms with van der Waals surface area (Å²) >= 11 is 0.982. The van der Waals surface area contributed by atoms with E-state index in [4.69, 9.17) is 14.2 Å². The van der Waals surface area contributed by atoms with E-state index in [0.29, 0.717) is 12.4 Å². The van der Waals surface area contributed by atoms with Gasteiger partial charge < -0.3 is 14.2 Å². The third-order valence-corrected chi connectivity index (χ3v) is 3.08. The molecule has 0 fully saturated rings. The average Bonchev–Trinajstić information content (AvgIpc) is 2.38. The van der Waals surface area contributed by atoms with Gasteiger partial charge in [0.1, 0.15) is 0 Å². The van der Waals surface area contributed by atoms with Gasteiger partial charge in [0.05, 0.1) is 13.0 Å². The quantitative estimate of drug-likeness (QED) is 0.438. The molecule has 0 unspecified atom stereocenters. The van der Waals surface area contributed by atoms with Crippen LogP contribution in [-0.4, -0.2) is 36.5 Å². The van der Waals surface area contributed by atoms with Crippen LogP contribution in [-0.2, 0) is 25.4 Å². The van der Waals surface area contributed by atoms with E-state index in [0.717, 1.165) is 17.3 Å². The number of hydrogen-bond donors (Lipinski definition) is 0. The van der Waals surface area contributed by atoms with Gasteiger partial charge in [-0.25, -0.2) is 4.79 Å². The summed E-state index contributed by atoms with van der Waals surface area (Å²) in [6.45, 7) is 3.52. The number of carbonyl (C=O) groups is 2. The summed E-state index contributed by atoms with van der Waals surface area (Å²) in [4.78, 5) is 23.4. The van der Waals surface area contributed by atoms with Crippen molar-refractivity contribution >= 4 is 23.0 Å². The van der Waals surface area contributed by atoms with Crippen molar-refractivity contribution in [2.24, 2.45) is 0 Å². The Bertz CT molecular complexity index is 458. The van der Waals surface area contributed by atoms with Crippen LogP contribution in [0.4, 0.5) is 4.79 Å². The fourth-order valence-electron chi connectivity index (χ4n) is 1.53. The molecule has 0 amide bonds. The first kappa shape index (κ1) is 17.5. The minimum atomic E-state index is -1.29. The molecule has 0 aliphatic carbocycles. The smallest absolute Gasteiger partial charge is 0.370 e. The summed E-state index contributed by atoms with van der Waals surface area (Å²) in [5, 5.41) is -0.496. The summed E-state index contributed by atoms with van der Waals surface area (Å²) in [7, 11) is 1.56. The highest BCUT2D eigenvalue weighted by Crippen LogP contribution is 2.18. The van der Waals surface area contributed by atoms with Crippen LogP contribution in [0, 0.1) is 0 Å². The Labute approximate surface area is 129 Å². The lowest BCUT2D eigenvalue weighted by atomic mass is 10.1. The molecule has 0 saturated heterocycles. The molecule has 0 radical (unpaired) electrons. The summed E-state index contributed by atoms with van der Waals surface area (Å²) < 4.78 is 15.1. The second kappa shape index (κ2) is 8.69. The Hall–Kier alpha value is -1.53. The van der Waals surface area contributed by atoms with E-state index in [1.165, 1.54) is 13.8 Å². The molecule has 0 aliphatic rings. The van der Waals surface area contributed by atoms with Crippen LogP contribution < -0.4 is 0 Å². The van der Waals surface area contributed by atoms with Crippen LogP contribution in [0.3, 0.4) is 0 Å². The van der Waals surface area contributed by atoms with Crippen LogP contribution in [0.5, 0.6) is 0 Å². The van der Waals surface area contributed by atoms with Crippen molar-refractivity contribution in [2.75, 3.05) is 19.5 Å². The average molecular weight is 312 g/mol. The number of thioether (sulfide) groups is 1. The molecule has 0 aliphatic heterocycles. The van der Waals surface area contributed by atoms with Crippen molar-refractivity contribution in [3.05, 3.63) is 35.9 Å². The summed E-state index contributed by atoms with van der Waals surface area (Å²) in [5.41, 5.74) is 0.846. The van der Waals surface area contributed by atoms with Gasteiger partial charge in [-0.05, 0) is 17.3 Å². The SMILES string of the molecule is COCCSC(=O)OC(C)(C)OC(=O)Cc1ccccc1. The van der Waals surface area contributed by atoms with E-state index < -0.39 is 17.1 Å². The van der Waals surface area contributed by atoms with Crippen molar-refractivity contribution in [2.45, 2.75) is 26.1 Å². The van der Waals surface area contributed by atoms with Gasteiger partial charge in [0.15, 0.2) is 0 Å². The lowest BCUT2D eigenvalue weighted by Gasteiger charge is -2.24. The number of rotatable bonds is 7. The van der Waals surface area contributed by atoms with Crippen molar-refractivity contribution in [1.29, 1.82) is 0 Å². The summed E-state index contributed by atoms with van der Waals surface area (Å²) in [5.74, 6) is -1.24. The Morgan fingerprint density at radius 2 is 1.81 bits per heavy atom. The Morgan fingerprint density at radius 1 is 1.14 bits per heavy atom. The van der Waals surface area contributed by atoms with Crippen LogP contribution in [0.1, 0.15) is 19.4 Å². The molecular weight excluding hydrogens is 292 g/mol. The minimum Gasteiger partial charge on any atom is -0.423 e. The molecule has 0 spiro atoms. The van der Waals surface area contributed by atoms with E-state index in [9.17, 15) is 9.59 Å². The predicted octanol–water partition coefficient (Wildman–Crippen LogP) is 3.02. The normalized spacial score (nSPS) is 11.0. The minimum absolute atomic E-state index is 0.138. The molecule has 1 rings (SSSR count). The van der Waals surface area contributed by atoms with Gasteiger partial charge >= 0.3 is 11.3 Å². The first-order valence-electron chi connectivity index (χ1n) is 6.53. The fraction of sp³-hybridized carbons (Fsp3) is 0.467. The van der Waals surface area contributed by atoms with Gasteiger partial charge in [0.2, 0.25) is 0 Å². The molecule has 1 aromatic carbocycles. The van der Waals surface area contributed by atoms with Gasteiger partial charge in [-0.15, -0.1) is 0 Å². The number of hydrogen-bond acceptors (Lipinski definition) is 6. The number of benzene rings is 1. The number of esters is 1. The molecule has 0 saturated carbocycles. The van der Waals surface area contributed by atoms with Gasteiger partial charge in [0, 0.05) is 26.7 Å². The topological polar surface area (TPSA) is 61.8 Å². The zero-order chi connectivity index (χ0) is 15.7. The highest BCUT2D eigenvalue weighted by molar-refractivity contribution is 8.13. The van der Waals surface area contributed by atoms with Gasteiger partial charge in [-0.1, -0.05) is 30.3 Å². The number of carbonyl (C=O) groups excluding carboxylic acids is 2. The Morgan fingerprint density at radius 3 is 2.43 bits per heavy atom. The van der Waals surface area contributed by atoms with E-state index in [-0.39, 0.29) is 6.42 Å². The molecule has 116 valence electrons. The second-order valence-electron chi connectivity index (χ2n) is 4.73. The Balaban J connectivity index is 2.40. The molecule has 21 heavy (non-hydrogen) atoms. The Kier molecular flexibility index (Phi) is 7.25. The first-order chi connectivity index (χ1) is 9.93. The molecule has 0 bridgehead atoms. The first-order valence-corrected chi connectivity index (χ1v) is 7.52. The third kappa shape index (κ3) is 7.72. The largest absolute Gasteiger partial charge is 0.423 e. The highest BCUT2D eigenvalue weighted by atomic mass is 32.2. The van der Waals surface area contributed by atoms with E-state index >= 15 is 0 Å². The van der Waals surface area contributed by atoms with Crippen LogP contribution >= 0.6 is 11.8 Å². The van der Waals surface area contributed by atoms with Crippen molar-refractivity contribution < 1.29 is 23.8 Å². The monoisotopic (exact) mass is 312 g/mol. The van der Waals surface area contributed by atoms with Gasteiger partial charge in [0.25, 0.3) is 5.79 Å². The van der Waals surface area contributed by atoms with Crippen LogP contribution in [0.25, 0.3) is 0 Å². The maximum Gasteiger partial charge on any atom is 0.370 e. The molecular formula is C15H20O5S. The molecule has 1 aromatic rings. The summed E-state index contributed by atoms with van der Waals surface area (Å²) in [6.07, 6.45) is 0.138. The van der Waals surface area contributed by atoms with Crippen LogP contribution in [0.15, 0.2) is 30.3 Å². The molecule has 5 nitrogen and oxygen atoms in total. The predicted molar refractivity (Wildman–Crippen MR) is 81.1 cm³/mol. The van der Waals surface area contributed by atoms with E-state index in [1.807, 2.05) is 30.3 Å². The molecule has 6 heteroatoms. The zero-order valence-corrected chi connectivity index (χ0v) is 13.3. The second-order valence-corrected chi connectivity index (χ2v) is 5.76. The maximum atomic E-state index is 11.8. The molecule has 0 N–H and O–H groups in total. The van der Waals surface area contributed by atoms with E-state index in [1.54, 1.807) is 7.11 Å². The standard InChI is InChI=1S/C15H20O5S/c1-15(2,20-14(17)21-10-9-18-3)19-13(16)11-12-7-5-4-6-8-12/h4-8H,9-11H2,1-3H3. The summed E-state index contributed by atoms with van der Waals surface area (Å²) in [6, 6.07) is 9.24. The van der Waals surface area contributed by atoms with Crippen molar-refractivity contribution in [3.8, 4) is 0 Å². The molecule has 0 aromatic heterocycles. The van der Waals surface area contributed by atoms with Crippen molar-refractivity contribution in [1.82, 2.24) is 0 Å². The van der Waals surface area contributed by atoms with Crippen LogP contribution in [0.2, 0.25) is 0 Å². The fourth-order valence-corrected chi connectivity index (χ4v) is 2.21. The lowest BCUT2D eigenvalue weighted by molar-refractivity contribution is -0.191. The van der Waals surface area contributed by atoms with Gasteiger partial charge in [-0.2, -0.15) is 0 Å². The lowest BCUT2D eigenvalue weighted by Crippen LogP contribution is -2.33. The number of ether oxygens (including phenoxy) is 3. The highest BCUT2D eigenvalue weighted by Gasteiger charge is 2.27. The number of methoxy groups -OCH3 is 1. The maximum absolute atomic E-state index is 11.8.